The number of amides is 1. The van der Waals surface area contributed by atoms with Crippen LogP contribution in [-0.2, 0) is 4.74 Å². The van der Waals surface area contributed by atoms with Gasteiger partial charge in [-0.15, -0.1) is 0 Å². The Kier molecular flexibility index (Phi) is 5.48. The number of carbonyl (C=O) groups is 1. The highest BCUT2D eigenvalue weighted by atomic mass is 16.5. The first-order chi connectivity index (χ1) is 11.6. The third-order valence-corrected chi connectivity index (χ3v) is 4.48. The summed E-state index contributed by atoms with van der Waals surface area (Å²) in [5.41, 5.74) is 1.48. The summed E-state index contributed by atoms with van der Waals surface area (Å²) >= 11 is 0. The van der Waals surface area contributed by atoms with Gasteiger partial charge in [0.2, 0.25) is 0 Å². The molecule has 6 nitrogen and oxygen atoms in total. The van der Waals surface area contributed by atoms with Gasteiger partial charge in [0.15, 0.2) is 0 Å². The average molecular weight is 330 g/mol. The minimum atomic E-state index is 0.0663. The number of hydrogen-bond donors (Lipinski definition) is 1. The summed E-state index contributed by atoms with van der Waals surface area (Å²) in [5, 5.41) is 0.972. The SMILES string of the molecule is CN(C)CCCOC1CCN(C(=O)c2cnc3[nH]ccc3c2)CC1. The van der Waals surface area contributed by atoms with E-state index in [0.717, 1.165) is 56.5 Å². The summed E-state index contributed by atoms with van der Waals surface area (Å²) in [7, 11) is 4.15. The zero-order valence-corrected chi connectivity index (χ0v) is 14.5. The van der Waals surface area contributed by atoms with Crippen molar-refractivity contribution < 1.29 is 9.53 Å². The van der Waals surface area contributed by atoms with E-state index in [1.165, 1.54) is 0 Å². The molecule has 130 valence electrons. The summed E-state index contributed by atoms with van der Waals surface area (Å²) in [6.07, 6.45) is 6.65. The Bertz CT molecular complexity index is 674. The molecule has 0 atom stereocenters. The number of hydrogen-bond acceptors (Lipinski definition) is 4. The molecule has 1 amide bonds. The van der Waals surface area contributed by atoms with Gasteiger partial charge in [-0.3, -0.25) is 4.79 Å². The van der Waals surface area contributed by atoms with E-state index in [2.05, 4.69) is 29.0 Å². The normalized spacial score (nSPS) is 16.2. The van der Waals surface area contributed by atoms with Crippen LogP contribution in [0.4, 0.5) is 0 Å². The van der Waals surface area contributed by atoms with Crippen molar-refractivity contribution >= 4 is 16.9 Å². The maximum absolute atomic E-state index is 12.6. The molecule has 1 fully saturated rings. The van der Waals surface area contributed by atoms with Crippen LogP contribution in [-0.4, -0.2) is 72.1 Å². The molecule has 3 rings (SSSR count). The molecule has 1 saturated heterocycles. The highest BCUT2D eigenvalue weighted by Crippen LogP contribution is 2.18. The largest absolute Gasteiger partial charge is 0.378 e. The molecule has 0 aliphatic carbocycles. The van der Waals surface area contributed by atoms with Crippen molar-refractivity contribution in [1.29, 1.82) is 0 Å². The van der Waals surface area contributed by atoms with Crippen molar-refractivity contribution in [3.05, 3.63) is 30.1 Å². The number of pyridine rings is 1. The molecule has 1 aliphatic heterocycles. The van der Waals surface area contributed by atoms with E-state index in [1.54, 1.807) is 6.20 Å². The molecule has 0 spiro atoms. The van der Waals surface area contributed by atoms with Gasteiger partial charge in [-0.05, 0) is 52.0 Å². The van der Waals surface area contributed by atoms with Crippen LogP contribution in [0.25, 0.3) is 11.0 Å². The molecule has 0 aromatic carbocycles. The standard InChI is InChI=1S/C18H26N4O2/c1-21(2)8-3-11-24-16-5-9-22(10-6-16)18(23)15-12-14-4-7-19-17(14)20-13-15/h4,7,12-13,16H,3,5-6,8-11H2,1-2H3,(H,19,20). The van der Waals surface area contributed by atoms with Gasteiger partial charge < -0.3 is 19.5 Å². The number of H-pyrrole nitrogens is 1. The van der Waals surface area contributed by atoms with E-state index in [1.807, 2.05) is 23.2 Å². The Hall–Kier alpha value is -1.92. The van der Waals surface area contributed by atoms with Gasteiger partial charge in [0.25, 0.3) is 5.91 Å². The molecular formula is C18H26N4O2. The molecular weight excluding hydrogens is 304 g/mol. The molecule has 1 aliphatic rings. The zero-order valence-electron chi connectivity index (χ0n) is 14.5. The quantitative estimate of drug-likeness (QED) is 0.824. The predicted octanol–water partition coefficient (Wildman–Crippen LogP) is 2.14. The maximum Gasteiger partial charge on any atom is 0.255 e. The number of fused-ring (bicyclic) bond motifs is 1. The lowest BCUT2D eigenvalue weighted by atomic mass is 10.1. The van der Waals surface area contributed by atoms with Crippen LogP contribution < -0.4 is 0 Å². The zero-order chi connectivity index (χ0) is 16.9. The molecule has 0 saturated carbocycles. The van der Waals surface area contributed by atoms with Crippen LogP contribution in [0.2, 0.25) is 0 Å². The van der Waals surface area contributed by atoms with Crippen molar-refractivity contribution in [2.75, 3.05) is 40.3 Å². The first kappa shape index (κ1) is 16.9. The van der Waals surface area contributed by atoms with Gasteiger partial charge >= 0.3 is 0 Å². The monoisotopic (exact) mass is 330 g/mol. The number of piperidine rings is 1. The molecule has 0 radical (unpaired) electrons. The van der Waals surface area contributed by atoms with Crippen LogP contribution in [0.3, 0.4) is 0 Å². The van der Waals surface area contributed by atoms with Gasteiger partial charge in [-0.2, -0.15) is 0 Å². The van der Waals surface area contributed by atoms with Crippen molar-refractivity contribution in [3.63, 3.8) is 0 Å². The molecule has 2 aromatic rings. The van der Waals surface area contributed by atoms with Gasteiger partial charge in [-0.1, -0.05) is 0 Å². The van der Waals surface area contributed by atoms with E-state index in [9.17, 15) is 4.79 Å². The molecule has 0 unspecified atom stereocenters. The molecule has 3 heterocycles. The Morgan fingerprint density at radius 2 is 2.21 bits per heavy atom. The fourth-order valence-electron chi connectivity index (χ4n) is 3.10. The summed E-state index contributed by atoms with van der Waals surface area (Å²) in [4.78, 5) is 24.1. The van der Waals surface area contributed by atoms with Crippen molar-refractivity contribution in [2.45, 2.75) is 25.4 Å². The summed E-state index contributed by atoms with van der Waals surface area (Å²) < 4.78 is 5.93. The van der Waals surface area contributed by atoms with Crippen molar-refractivity contribution in [3.8, 4) is 0 Å². The molecule has 1 N–H and O–H groups in total. The van der Waals surface area contributed by atoms with E-state index in [0.29, 0.717) is 5.56 Å². The Morgan fingerprint density at radius 3 is 2.96 bits per heavy atom. The van der Waals surface area contributed by atoms with E-state index < -0.39 is 0 Å². The number of nitrogens with one attached hydrogen (secondary N) is 1. The Morgan fingerprint density at radius 1 is 1.42 bits per heavy atom. The smallest absolute Gasteiger partial charge is 0.255 e. The van der Waals surface area contributed by atoms with Crippen molar-refractivity contribution in [2.24, 2.45) is 0 Å². The second-order valence-corrected chi connectivity index (χ2v) is 6.66. The van der Waals surface area contributed by atoms with Crippen LogP contribution >= 0.6 is 0 Å². The van der Waals surface area contributed by atoms with E-state index >= 15 is 0 Å². The van der Waals surface area contributed by atoms with Gasteiger partial charge in [-0.25, -0.2) is 4.98 Å². The van der Waals surface area contributed by atoms with E-state index in [-0.39, 0.29) is 12.0 Å². The predicted molar refractivity (Wildman–Crippen MR) is 94.1 cm³/mol. The summed E-state index contributed by atoms with van der Waals surface area (Å²) in [6.45, 7) is 3.35. The number of ether oxygens (including phenoxy) is 1. The second-order valence-electron chi connectivity index (χ2n) is 6.66. The van der Waals surface area contributed by atoms with Crippen LogP contribution in [0.5, 0.6) is 0 Å². The fourth-order valence-corrected chi connectivity index (χ4v) is 3.10. The lowest BCUT2D eigenvalue weighted by Crippen LogP contribution is -2.41. The lowest BCUT2D eigenvalue weighted by molar-refractivity contribution is 0.00633. The van der Waals surface area contributed by atoms with Crippen LogP contribution in [0.15, 0.2) is 24.5 Å². The minimum Gasteiger partial charge on any atom is -0.378 e. The summed E-state index contributed by atoms with van der Waals surface area (Å²) in [6, 6.07) is 3.85. The van der Waals surface area contributed by atoms with Gasteiger partial charge in [0.05, 0.1) is 11.7 Å². The number of nitrogens with zero attached hydrogens (tertiary/aromatic N) is 3. The first-order valence-electron chi connectivity index (χ1n) is 8.62. The highest BCUT2D eigenvalue weighted by Gasteiger charge is 2.24. The number of likely N-dealkylation sites (tertiary alicyclic amines) is 1. The highest BCUT2D eigenvalue weighted by molar-refractivity contribution is 5.96. The lowest BCUT2D eigenvalue weighted by Gasteiger charge is -2.32. The Balaban J connectivity index is 1.48. The molecule has 24 heavy (non-hydrogen) atoms. The van der Waals surface area contributed by atoms with Crippen molar-refractivity contribution in [1.82, 2.24) is 19.8 Å². The van der Waals surface area contributed by atoms with E-state index in [4.69, 9.17) is 4.74 Å². The second kappa shape index (κ2) is 7.77. The number of aromatic nitrogens is 2. The maximum atomic E-state index is 12.6. The van der Waals surface area contributed by atoms with Crippen LogP contribution in [0.1, 0.15) is 29.6 Å². The third kappa shape index (κ3) is 4.13. The van der Waals surface area contributed by atoms with Gasteiger partial charge in [0, 0.05) is 37.5 Å². The average Bonchev–Trinajstić information content (AvgIpc) is 3.06. The number of carbonyl (C=O) groups excluding carboxylic acids is 1. The van der Waals surface area contributed by atoms with Crippen LogP contribution in [0, 0.1) is 0 Å². The fraction of sp³-hybridized carbons (Fsp3) is 0.556. The van der Waals surface area contributed by atoms with Gasteiger partial charge in [0.1, 0.15) is 5.65 Å². The summed E-state index contributed by atoms with van der Waals surface area (Å²) in [5.74, 6) is 0.0663. The minimum absolute atomic E-state index is 0.0663. The molecule has 2 aromatic heterocycles. The third-order valence-electron chi connectivity index (χ3n) is 4.48. The molecule has 6 heteroatoms. The molecule has 0 bridgehead atoms. The number of rotatable bonds is 6. The first-order valence-corrected chi connectivity index (χ1v) is 8.62. The number of aromatic amines is 1. The Labute approximate surface area is 142 Å². The topological polar surface area (TPSA) is 61.5 Å².